The summed E-state index contributed by atoms with van der Waals surface area (Å²) in [6.07, 6.45) is 23.0. The summed E-state index contributed by atoms with van der Waals surface area (Å²) in [6, 6.07) is 5.68. The molecule has 1 heterocycles. The molecule has 0 aliphatic heterocycles. The molecular weight excluding hydrogens is 542 g/mol. The summed E-state index contributed by atoms with van der Waals surface area (Å²) in [5.74, 6) is -0.230. The van der Waals surface area contributed by atoms with Crippen LogP contribution in [0.1, 0.15) is 142 Å². The standard InChI is InChI=1S/C35H59N3O5/c1-4-6-7-8-9-10-11-12-13-14-15-16-17-18-19-21-26-36-34(40)42-29-33(31-24-25-31)43-35(41)38(30(3)39)28-32-23-20-22-27-37(32)5-2/h20,22-23,27,31,33H,4-19,21,24-26,28-29H2,1-3H3/p+1. The van der Waals surface area contributed by atoms with Crippen molar-refractivity contribution in [2.75, 3.05) is 13.2 Å². The second-order valence-corrected chi connectivity index (χ2v) is 12.2. The highest BCUT2D eigenvalue weighted by molar-refractivity contribution is 5.90. The minimum atomic E-state index is -0.701. The first-order valence-corrected chi connectivity index (χ1v) is 17.3. The molecule has 0 saturated heterocycles. The molecule has 0 bridgehead atoms. The summed E-state index contributed by atoms with van der Waals surface area (Å²) in [7, 11) is 0. The number of nitrogens with zero attached hydrogens (tertiary/aromatic N) is 2. The molecule has 0 aromatic carbocycles. The molecule has 1 aromatic heterocycles. The average Bonchev–Trinajstić information content (AvgIpc) is 3.85. The zero-order valence-electron chi connectivity index (χ0n) is 27.5. The number of rotatable bonds is 24. The summed E-state index contributed by atoms with van der Waals surface area (Å²) in [5.41, 5.74) is 0.838. The van der Waals surface area contributed by atoms with Gasteiger partial charge < -0.3 is 14.8 Å². The van der Waals surface area contributed by atoms with E-state index < -0.39 is 18.3 Å². The zero-order chi connectivity index (χ0) is 31.1. The molecule has 1 unspecified atom stereocenters. The molecule has 1 aliphatic carbocycles. The number of ether oxygens (including phenoxy) is 2. The van der Waals surface area contributed by atoms with Crippen molar-refractivity contribution in [3.05, 3.63) is 30.1 Å². The van der Waals surface area contributed by atoms with E-state index in [4.69, 9.17) is 9.47 Å². The van der Waals surface area contributed by atoms with Crippen LogP contribution in [0.4, 0.5) is 9.59 Å². The van der Waals surface area contributed by atoms with E-state index >= 15 is 0 Å². The lowest BCUT2D eigenvalue weighted by Crippen LogP contribution is -2.44. The number of alkyl carbamates (subject to hydrolysis) is 1. The summed E-state index contributed by atoms with van der Waals surface area (Å²) >= 11 is 0. The van der Waals surface area contributed by atoms with Crippen LogP contribution in [0, 0.1) is 5.92 Å². The van der Waals surface area contributed by atoms with Gasteiger partial charge >= 0.3 is 12.2 Å². The van der Waals surface area contributed by atoms with Crippen LogP contribution < -0.4 is 9.88 Å². The predicted molar refractivity (Wildman–Crippen MR) is 170 cm³/mol. The topological polar surface area (TPSA) is 88.8 Å². The van der Waals surface area contributed by atoms with Crippen LogP contribution in [0.5, 0.6) is 0 Å². The van der Waals surface area contributed by atoms with Crippen molar-refractivity contribution in [1.29, 1.82) is 0 Å². The van der Waals surface area contributed by atoms with Crippen LogP contribution >= 0.6 is 0 Å². The normalized spacial score (nSPS) is 13.4. The summed E-state index contributed by atoms with van der Waals surface area (Å²) in [4.78, 5) is 38.6. The average molecular weight is 603 g/mol. The third-order valence-electron chi connectivity index (χ3n) is 8.37. The third-order valence-corrected chi connectivity index (χ3v) is 8.37. The van der Waals surface area contributed by atoms with Gasteiger partial charge in [0.15, 0.2) is 6.20 Å². The third kappa shape index (κ3) is 16.7. The first-order valence-electron chi connectivity index (χ1n) is 17.3. The minimum absolute atomic E-state index is 0.00671. The van der Waals surface area contributed by atoms with E-state index in [0.29, 0.717) is 6.54 Å². The molecule has 1 aliphatic rings. The van der Waals surface area contributed by atoms with Crippen LogP contribution in [-0.4, -0.2) is 42.2 Å². The maximum atomic E-state index is 12.9. The van der Waals surface area contributed by atoms with Gasteiger partial charge in [0.1, 0.15) is 25.8 Å². The van der Waals surface area contributed by atoms with E-state index in [1.165, 1.54) is 96.8 Å². The number of carbonyl (C=O) groups excluding carboxylic acids is 3. The quantitative estimate of drug-likeness (QED) is 0.0951. The van der Waals surface area contributed by atoms with Gasteiger partial charge in [0.05, 0.1) is 0 Å². The summed E-state index contributed by atoms with van der Waals surface area (Å²) < 4.78 is 13.1. The number of aryl methyl sites for hydroxylation is 1. The van der Waals surface area contributed by atoms with Gasteiger partial charge in [0, 0.05) is 25.6 Å². The zero-order valence-corrected chi connectivity index (χ0v) is 27.5. The molecule has 0 radical (unpaired) electrons. The van der Waals surface area contributed by atoms with Gasteiger partial charge in [-0.05, 0) is 32.1 Å². The Bertz CT molecular complexity index is 920. The number of nitrogens with one attached hydrogen (secondary N) is 1. The lowest BCUT2D eigenvalue weighted by atomic mass is 10.0. The van der Waals surface area contributed by atoms with Crippen LogP contribution in [-0.2, 0) is 27.4 Å². The summed E-state index contributed by atoms with van der Waals surface area (Å²) in [5, 5.41) is 2.82. The Kier molecular flexibility index (Phi) is 19.4. The van der Waals surface area contributed by atoms with Crippen molar-refractivity contribution in [2.45, 2.75) is 156 Å². The molecule has 244 valence electrons. The van der Waals surface area contributed by atoms with Crippen molar-refractivity contribution in [3.8, 4) is 0 Å². The van der Waals surface area contributed by atoms with Gasteiger partial charge in [-0.2, -0.15) is 0 Å². The minimum Gasteiger partial charge on any atom is -0.446 e. The first-order chi connectivity index (χ1) is 21.0. The highest BCUT2D eigenvalue weighted by Crippen LogP contribution is 2.35. The monoisotopic (exact) mass is 602 g/mol. The van der Waals surface area contributed by atoms with E-state index in [-0.39, 0.29) is 25.0 Å². The van der Waals surface area contributed by atoms with Gasteiger partial charge in [-0.3, -0.25) is 4.79 Å². The Morgan fingerprint density at radius 3 is 1.93 bits per heavy atom. The highest BCUT2D eigenvalue weighted by atomic mass is 16.6. The highest BCUT2D eigenvalue weighted by Gasteiger charge is 2.37. The molecule has 3 amide bonds. The molecule has 1 fully saturated rings. The fourth-order valence-electron chi connectivity index (χ4n) is 5.43. The van der Waals surface area contributed by atoms with Gasteiger partial charge in [0.2, 0.25) is 11.6 Å². The maximum absolute atomic E-state index is 12.9. The molecule has 1 atom stereocenters. The molecule has 0 spiro atoms. The van der Waals surface area contributed by atoms with E-state index in [0.717, 1.165) is 42.8 Å². The van der Waals surface area contributed by atoms with Crippen molar-refractivity contribution in [2.24, 2.45) is 5.92 Å². The summed E-state index contributed by atoms with van der Waals surface area (Å²) in [6.45, 7) is 7.06. The largest absolute Gasteiger partial charge is 0.446 e. The van der Waals surface area contributed by atoms with Gasteiger partial charge in [-0.1, -0.05) is 109 Å². The molecular formula is C35H60N3O5+. The van der Waals surface area contributed by atoms with Gasteiger partial charge in [0.25, 0.3) is 0 Å². The number of unbranched alkanes of at least 4 members (excludes halogenated alkanes) is 15. The number of hydrogen-bond donors (Lipinski definition) is 1. The fraction of sp³-hybridized carbons (Fsp3) is 0.771. The second-order valence-electron chi connectivity index (χ2n) is 12.2. The Hall–Kier alpha value is -2.64. The van der Waals surface area contributed by atoms with Crippen molar-refractivity contribution >= 4 is 18.1 Å². The lowest BCUT2D eigenvalue weighted by molar-refractivity contribution is -0.701. The van der Waals surface area contributed by atoms with Crippen LogP contribution in [0.25, 0.3) is 0 Å². The van der Waals surface area contributed by atoms with Gasteiger partial charge in [-0.25, -0.2) is 19.1 Å². The molecule has 8 nitrogen and oxygen atoms in total. The molecule has 1 saturated carbocycles. The number of carbonyl (C=O) groups is 3. The predicted octanol–water partition coefficient (Wildman–Crippen LogP) is 8.25. The Morgan fingerprint density at radius 1 is 0.860 bits per heavy atom. The molecule has 2 rings (SSSR count). The maximum Gasteiger partial charge on any atom is 0.417 e. The number of aromatic nitrogens is 1. The number of imide groups is 1. The van der Waals surface area contributed by atoms with E-state index in [9.17, 15) is 14.4 Å². The van der Waals surface area contributed by atoms with E-state index in [1.54, 1.807) is 0 Å². The second kappa shape index (κ2) is 22.8. The Labute approximate surface area is 261 Å². The Morgan fingerprint density at radius 2 is 1.42 bits per heavy atom. The number of pyridine rings is 1. The molecule has 8 heteroatoms. The molecule has 43 heavy (non-hydrogen) atoms. The fourth-order valence-corrected chi connectivity index (χ4v) is 5.43. The van der Waals surface area contributed by atoms with E-state index in [1.807, 2.05) is 35.9 Å². The van der Waals surface area contributed by atoms with E-state index in [2.05, 4.69) is 12.2 Å². The van der Waals surface area contributed by atoms with Crippen molar-refractivity contribution in [3.63, 3.8) is 0 Å². The van der Waals surface area contributed by atoms with Crippen molar-refractivity contribution < 1.29 is 28.4 Å². The van der Waals surface area contributed by atoms with Crippen molar-refractivity contribution in [1.82, 2.24) is 10.2 Å². The molecule has 1 aromatic rings. The van der Waals surface area contributed by atoms with Crippen LogP contribution in [0.2, 0.25) is 0 Å². The SMILES string of the molecule is CCCCCCCCCCCCCCCCCCNC(=O)OCC(OC(=O)N(Cc1cccc[n+]1CC)C(C)=O)C1CC1. The first kappa shape index (κ1) is 36.6. The molecule has 1 N–H and O–H groups in total. The number of amides is 3. The smallest absolute Gasteiger partial charge is 0.417 e. The number of hydrogen-bond acceptors (Lipinski definition) is 5. The Balaban J connectivity index is 1.52. The van der Waals surface area contributed by atoms with Crippen LogP contribution in [0.3, 0.4) is 0 Å². The lowest BCUT2D eigenvalue weighted by Gasteiger charge is -2.23. The van der Waals surface area contributed by atoms with Crippen LogP contribution in [0.15, 0.2) is 24.4 Å². The van der Waals surface area contributed by atoms with Gasteiger partial charge in [-0.15, -0.1) is 0 Å².